The Labute approximate surface area is 194 Å². The Hall–Kier alpha value is -2.29. The van der Waals surface area contributed by atoms with Crippen molar-refractivity contribution in [3.8, 4) is 0 Å². The highest BCUT2D eigenvalue weighted by molar-refractivity contribution is 5.89. The number of aliphatic hydroxyl groups is 1. The van der Waals surface area contributed by atoms with Gasteiger partial charge in [-0.05, 0) is 30.5 Å². The predicted molar refractivity (Wildman–Crippen MR) is 120 cm³/mol. The molecular formula is C26H31NO6. The van der Waals surface area contributed by atoms with Crippen molar-refractivity contribution in [2.75, 3.05) is 6.61 Å². The van der Waals surface area contributed by atoms with Crippen molar-refractivity contribution in [2.45, 2.75) is 75.1 Å². The molecule has 5 rings (SSSR count). The lowest BCUT2D eigenvalue weighted by molar-refractivity contribution is -0.449. The molecule has 2 heterocycles. The highest BCUT2D eigenvalue weighted by atomic mass is 17.0. The smallest absolute Gasteiger partial charge is 0.338 e. The van der Waals surface area contributed by atoms with Crippen molar-refractivity contribution in [3.63, 3.8) is 0 Å². The highest BCUT2D eigenvalue weighted by Gasteiger charge is 2.48. The zero-order valence-corrected chi connectivity index (χ0v) is 18.6. The number of ether oxygens (including phenoxy) is 2. The number of carbonyl (C=O) groups is 1. The van der Waals surface area contributed by atoms with E-state index in [9.17, 15) is 9.90 Å². The van der Waals surface area contributed by atoms with E-state index in [0.29, 0.717) is 24.3 Å². The second-order valence-corrected chi connectivity index (χ2v) is 9.06. The van der Waals surface area contributed by atoms with E-state index in [2.05, 4.69) is 24.3 Å². The molecule has 3 fully saturated rings. The third-order valence-corrected chi connectivity index (χ3v) is 6.83. The lowest BCUT2D eigenvalue weighted by Gasteiger charge is -2.41. The number of fused-ring (bicyclic) bond motifs is 1. The molecule has 6 atom stereocenters. The maximum atomic E-state index is 12.8. The molecular weight excluding hydrogens is 422 g/mol. The molecule has 0 amide bonds. The van der Waals surface area contributed by atoms with Crippen LogP contribution in [0.3, 0.4) is 0 Å². The Bertz CT molecular complexity index is 910. The summed E-state index contributed by atoms with van der Waals surface area (Å²) in [4.78, 5) is 24.6. The second kappa shape index (κ2) is 10.3. The predicted octanol–water partition coefficient (Wildman–Crippen LogP) is 3.98. The van der Waals surface area contributed by atoms with Crippen LogP contribution < -0.4 is 0 Å². The van der Waals surface area contributed by atoms with Crippen LogP contribution in [-0.2, 0) is 19.1 Å². The Kier molecular flexibility index (Phi) is 7.04. The molecule has 2 aliphatic heterocycles. The Balaban J connectivity index is 1.31. The molecule has 0 unspecified atom stereocenters. The van der Waals surface area contributed by atoms with Crippen LogP contribution in [0.1, 0.15) is 60.4 Å². The summed E-state index contributed by atoms with van der Waals surface area (Å²) in [5, 5.41) is 11.0. The fourth-order valence-corrected chi connectivity index (χ4v) is 5.15. The van der Waals surface area contributed by atoms with Crippen molar-refractivity contribution >= 4 is 5.97 Å². The number of hydroxylamine groups is 2. The van der Waals surface area contributed by atoms with Gasteiger partial charge in [0, 0.05) is 18.8 Å². The van der Waals surface area contributed by atoms with Crippen LogP contribution in [0.5, 0.6) is 0 Å². The van der Waals surface area contributed by atoms with Crippen molar-refractivity contribution in [1.82, 2.24) is 5.23 Å². The zero-order chi connectivity index (χ0) is 22.6. The van der Waals surface area contributed by atoms with Gasteiger partial charge < -0.3 is 14.6 Å². The average Bonchev–Trinajstić information content (AvgIpc) is 3.29. The molecule has 0 aromatic heterocycles. The van der Waals surface area contributed by atoms with Gasteiger partial charge in [0.05, 0.1) is 18.3 Å². The molecule has 2 aromatic carbocycles. The minimum Gasteiger partial charge on any atom is -0.457 e. The van der Waals surface area contributed by atoms with E-state index in [0.717, 1.165) is 19.3 Å². The molecule has 176 valence electrons. The van der Waals surface area contributed by atoms with Crippen molar-refractivity contribution < 1.29 is 29.0 Å². The zero-order valence-electron chi connectivity index (χ0n) is 18.6. The summed E-state index contributed by atoms with van der Waals surface area (Å²) < 4.78 is 12.4. The van der Waals surface area contributed by atoms with Crippen LogP contribution in [0.4, 0.5) is 0 Å². The molecule has 0 spiro atoms. The third-order valence-electron chi connectivity index (χ3n) is 6.83. The number of benzene rings is 2. The number of rotatable bonds is 6. The van der Waals surface area contributed by atoms with Gasteiger partial charge in [0.2, 0.25) is 0 Å². The number of aliphatic hydroxyl groups excluding tert-OH is 1. The molecule has 1 aliphatic carbocycles. The van der Waals surface area contributed by atoms with E-state index in [4.69, 9.17) is 19.1 Å². The van der Waals surface area contributed by atoms with E-state index >= 15 is 0 Å². The minimum absolute atomic E-state index is 0.0180. The van der Waals surface area contributed by atoms with Gasteiger partial charge >= 0.3 is 5.97 Å². The summed E-state index contributed by atoms with van der Waals surface area (Å²) >= 11 is 0. The van der Waals surface area contributed by atoms with Crippen LogP contribution in [0, 0.1) is 0 Å². The first kappa shape index (κ1) is 22.5. The summed E-state index contributed by atoms with van der Waals surface area (Å²) in [6.07, 6.45) is 3.82. The van der Waals surface area contributed by atoms with Crippen LogP contribution in [0.25, 0.3) is 0 Å². The van der Waals surface area contributed by atoms with Gasteiger partial charge in [0.1, 0.15) is 18.2 Å². The Morgan fingerprint density at radius 3 is 2.42 bits per heavy atom. The number of nitrogens with zero attached hydrogens (tertiary/aromatic N) is 1. The van der Waals surface area contributed by atoms with Crippen molar-refractivity contribution in [2.24, 2.45) is 0 Å². The monoisotopic (exact) mass is 453 g/mol. The number of hydrogen-bond donors (Lipinski definition) is 1. The van der Waals surface area contributed by atoms with Crippen LogP contribution in [-0.4, -0.2) is 53.6 Å². The minimum atomic E-state index is -0.596. The van der Waals surface area contributed by atoms with Gasteiger partial charge in [-0.1, -0.05) is 66.6 Å². The highest BCUT2D eigenvalue weighted by Crippen LogP contribution is 2.39. The summed E-state index contributed by atoms with van der Waals surface area (Å²) in [7, 11) is 0. The van der Waals surface area contributed by atoms with Gasteiger partial charge in [0.15, 0.2) is 6.29 Å². The molecule has 3 aliphatic rings. The topological polar surface area (TPSA) is 77.5 Å². The molecule has 1 saturated carbocycles. The largest absolute Gasteiger partial charge is 0.457 e. The first-order valence-electron chi connectivity index (χ1n) is 11.9. The average molecular weight is 454 g/mol. The van der Waals surface area contributed by atoms with E-state index in [1.165, 1.54) is 17.2 Å². The van der Waals surface area contributed by atoms with E-state index < -0.39 is 18.5 Å². The summed E-state index contributed by atoms with van der Waals surface area (Å²) in [6.45, 7) is -0.125. The lowest BCUT2D eigenvalue weighted by Crippen LogP contribution is -2.51. The van der Waals surface area contributed by atoms with E-state index in [-0.39, 0.29) is 24.7 Å². The third kappa shape index (κ3) is 5.13. The molecule has 1 N–H and O–H groups in total. The molecule has 7 heteroatoms. The molecule has 2 aromatic rings. The van der Waals surface area contributed by atoms with Crippen LogP contribution in [0.2, 0.25) is 0 Å². The van der Waals surface area contributed by atoms with E-state index in [1.807, 2.05) is 24.3 Å². The molecule has 33 heavy (non-hydrogen) atoms. The van der Waals surface area contributed by atoms with Gasteiger partial charge in [-0.25, -0.2) is 9.63 Å². The summed E-state index contributed by atoms with van der Waals surface area (Å²) in [5.74, 6) is -0.0789. The van der Waals surface area contributed by atoms with Gasteiger partial charge in [-0.2, -0.15) is 0 Å². The first-order chi connectivity index (χ1) is 16.2. The maximum absolute atomic E-state index is 12.8. The number of hydrogen-bond acceptors (Lipinski definition) is 7. The normalized spacial score (nSPS) is 32.3. The van der Waals surface area contributed by atoms with Gasteiger partial charge in [-0.3, -0.25) is 4.84 Å². The number of esters is 1. The van der Waals surface area contributed by atoms with E-state index in [1.54, 1.807) is 12.1 Å². The molecule has 2 saturated heterocycles. The van der Waals surface area contributed by atoms with Crippen molar-refractivity contribution in [3.05, 3.63) is 71.8 Å². The lowest BCUT2D eigenvalue weighted by atomic mass is 9.81. The summed E-state index contributed by atoms with van der Waals surface area (Å²) in [5.41, 5.74) is 1.78. The number of carbonyl (C=O) groups excluding carboxylic acids is 1. The standard InChI is InChI=1S/C26H31NO6/c28-17-20-15-22-24(31-26(29)19-11-5-2-6-12-19)16-25(33-27(22)32-20)30-23-14-8-7-13-21(23)18-9-3-1-4-10-18/h1-6,9-12,20-25,28H,7-8,13-17H2/t20-,21-,22+,23+,24-,25-/m1/s1. The Morgan fingerprint density at radius 2 is 1.67 bits per heavy atom. The van der Waals surface area contributed by atoms with Gasteiger partial charge in [0.25, 0.3) is 0 Å². The molecule has 7 nitrogen and oxygen atoms in total. The fraction of sp³-hybridized carbons (Fsp3) is 0.500. The fourth-order valence-electron chi connectivity index (χ4n) is 5.15. The first-order valence-corrected chi connectivity index (χ1v) is 11.9. The SMILES string of the molecule is O=C(O[C@@H]1C[C@H](O[C@H]2CCCC[C@@H]2c2ccccc2)ON2O[C@@H](CO)C[C@@H]12)c1ccccc1. The summed E-state index contributed by atoms with van der Waals surface area (Å²) in [6, 6.07) is 19.1. The van der Waals surface area contributed by atoms with Crippen molar-refractivity contribution in [1.29, 1.82) is 0 Å². The maximum Gasteiger partial charge on any atom is 0.338 e. The molecule has 0 radical (unpaired) electrons. The Morgan fingerprint density at radius 1 is 0.939 bits per heavy atom. The quantitative estimate of drug-likeness (QED) is 0.663. The second-order valence-electron chi connectivity index (χ2n) is 9.06. The van der Waals surface area contributed by atoms with Crippen LogP contribution in [0.15, 0.2) is 60.7 Å². The molecule has 0 bridgehead atoms. The van der Waals surface area contributed by atoms with Gasteiger partial charge in [-0.15, -0.1) is 0 Å². The van der Waals surface area contributed by atoms with Crippen LogP contribution >= 0.6 is 0 Å².